The Bertz CT molecular complexity index is 968. The Morgan fingerprint density at radius 1 is 0.931 bits per heavy atom. The molecular weight excluding hydrogens is 366 g/mol. The molecule has 0 aliphatic carbocycles. The van der Waals surface area contributed by atoms with Crippen LogP contribution in [0.5, 0.6) is 5.75 Å². The molecule has 3 rings (SSSR count). The van der Waals surface area contributed by atoms with Crippen molar-refractivity contribution in [3.63, 3.8) is 0 Å². The zero-order valence-corrected chi connectivity index (χ0v) is 16.2. The van der Waals surface area contributed by atoms with Crippen molar-refractivity contribution in [1.29, 1.82) is 0 Å². The summed E-state index contributed by atoms with van der Waals surface area (Å²) in [5.74, 6) is -2.03. The lowest BCUT2D eigenvalue weighted by atomic mass is 9.90. The number of ketones is 1. The smallest absolute Gasteiger partial charge is 0.314 e. The van der Waals surface area contributed by atoms with E-state index in [0.717, 1.165) is 11.3 Å². The predicted octanol–water partition coefficient (Wildman–Crippen LogP) is 4.96. The number of para-hydroxylation sites is 2. The van der Waals surface area contributed by atoms with Gasteiger partial charge in [0, 0.05) is 16.9 Å². The van der Waals surface area contributed by atoms with Crippen LogP contribution in [0.2, 0.25) is 0 Å². The second kappa shape index (κ2) is 9.55. The number of Topliss-reactive ketones (excluding diaryl/α,β-unsaturated/α-hetero) is 1. The number of ether oxygens (including phenoxy) is 1. The third-order valence-electron chi connectivity index (χ3n) is 4.53. The molecule has 0 bridgehead atoms. The van der Waals surface area contributed by atoms with E-state index in [1.54, 1.807) is 42.5 Å². The van der Waals surface area contributed by atoms with Crippen LogP contribution in [0.1, 0.15) is 22.8 Å². The van der Waals surface area contributed by atoms with Crippen LogP contribution in [0, 0.1) is 5.92 Å². The minimum absolute atomic E-state index is 0.111. The van der Waals surface area contributed by atoms with Gasteiger partial charge < -0.3 is 15.2 Å². The molecule has 0 saturated heterocycles. The molecule has 0 spiro atoms. The summed E-state index contributed by atoms with van der Waals surface area (Å²) in [4.78, 5) is 25.0. The fourth-order valence-corrected chi connectivity index (χ4v) is 3.09. The van der Waals surface area contributed by atoms with E-state index in [9.17, 15) is 14.7 Å². The number of rotatable bonds is 9. The number of hydrogen-bond donors (Lipinski definition) is 2. The zero-order valence-electron chi connectivity index (χ0n) is 16.2. The molecule has 0 saturated carbocycles. The van der Waals surface area contributed by atoms with Crippen LogP contribution >= 0.6 is 0 Å². The summed E-state index contributed by atoms with van der Waals surface area (Å²) in [6.07, 6.45) is 0.111. The SMILES string of the molecule is CCOc1ccc(CC(C(=O)O)C(=O)c2ccccc2Nc2ccccc2)cc1. The van der Waals surface area contributed by atoms with Gasteiger partial charge in [-0.15, -0.1) is 0 Å². The van der Waals surface area contributed by atoms with Crippen molar-refractivity contribution < 1.29 is 19.4 Å². The van der Waals surface area contributed by atoms with Crippen LogP contribution in [0.25, 0.3) is 0 Å². The van der Waals surface area contributed by atoms with Crippen LogP contribution in [-0.4, -0.2) is 23.5 Å². The Hall–Kier alpha value is -3.60. The summed E-state index contributed by atoms with van der Waals surface area (Å²) >= 11 is 0. The third kappa shape index (κ3) is 5.23. The van der Waals surface area contributed by atoms with E-state index in [1.165, 1.54) is 0 Å². The number of benzene rings is 3. The van der Waals surface area contributed by atoms with Gasteiger partial charge in [0.05, 0.1) is 6.61 Å². The number of aliphatic carboxylic acids is 1. The van der Waals surface area contributed by atoms with Crippen molar-refractivity contribution in [2.45, 2.75) is 13.3 Å². The maximum Gasteiger partial charge on any atom is 0.314 e. The molecular formula is C24H23NO4. The van der Waals surface area contributed by atoms with Gasteiger partial charge in [-0.1, -0.05) is 42.5 Å². The van der Waals surface area contributed by atoms with Gasteiger partial charge in [-0.2, -0.15) is 0 Å². The quantitative estimate of drug-likeness (QED) is 0.400. The van der Waals surface area contributed by atoms with Gasteiger partial charge in [0.25, 0.3) is 0 Å². The number of carboxylic acid groups (broad SMARTS) is 1. The second-order valence-corrected chi connectivity index (χ2v) is 6.57. The minimum atomic E-state index is -1.17. The van der Waals surface area contributed by atoms with Gasteiger partial charge in [-0.25, -0.2) is 0 Å². The lowest BCUT2D eigenvalue weighted by molar-refractivity contribution is -0.139. The summed E-state index contributed by atoms with van der Waals surface area (Å²) < 4.78 is 5.41. The average Bonchev–Trinajstić information content (AvgIpc) is 2.74. The Morgan fingerprint density at radius 2 is 1.59 bits per heavy atom. The van der Waals surface area contributed by atoms with E-state index >= 15 is 0 Å². The number of nitrogens with one attached hydrogen (secondary N) is 1. The molecule has 29 heavy (non-hydrogen) atoms. The first-order valence-electron chi connectivity index (χ1n) is 9.48. The Morgan fingerprint density at radius 3 is 2.24 bits per heavy atom. The number of carbonyl (C=O) groups excluding carboxylic acids is 1. The van der Waals surface area contributed by atoms with Crippen LogP contribution in [0.15, 0.2) is 78.9 Å². The lowest BCUT2D eigenvalue weighted by Crippen LogP contribution is -2.26. The first-order chi connectivity index (χ1) is 14.1. The van der Waals surface area contributed by atoms with E-state index in [0.29, 0.717) is 23.6 Å². The van der Waals surface area contributed by atoms with Gasteiger partial charge in [0.15, 0.2) is 5.78 Å². The minimum Gasteiger partial charge on any atom is -0.494 e. The summed E-state index contributed by atoms with van der Waals surface area (Å²) in [5, 5.41) is 12.9. The van der Waals surface area contributed by atoms with Gasteiger partial charge in [0.2, 0.25) is 0 Å². The summed E-state index contributed by atoms with van der Waals surface area (Å²) in [6, 6.07) is 23.6. The molecule has 148 valence electrons. The molecule has 3 aromatic carbocycles. The average molecular weight is 389 g/mol. The van der Waals surface area contributed by atoms with Crippen molar-refractivity contribution in [2.24, 2.45) is 5.92 Å². The monoisotopic (exact) mass is 389 g/mol. The number of hydrogen-bond acceptors (Lipinski definition) is 4. The van der Waals surface area contributed by atoms with Crippen LogP contribution in [0.4, 0.5) is 11.4 Å². The van der Waals surface area contributed by atoms with E-state index in [2.05, 4.69) is 5.32 Å². The Balaban J connectivity index is 1.83. The van der Waals surface area contributed by atoms with Crippen LogP contribution < -0.4 is 10.1 Å². The first kappa shape index (κ1) is 20.1. The van der Waals surface area contributed by atoms with Crippen molar-refractivity contribution in [1.82, 2.24) is 0 Å². The molecule has 0 heterocycles. The van der Waals surface area contributed by atoms with Crippen LogP contribution in [-0.2, 0) is 11.2 Å². The first-order valence-corrected chi connectivity index (χ1v) is 9.48. The number of carboxylic acids is 1. The van der Waals surface area contributed by atoms with Crippen molar-refractivity contribution in [2.75, 3.05) is 11.9 Å². The molecule has 0 aliphatic rings. The topological polar surface area (TPSA) is 75.6 Å². The maximum atomic E-state index is 13.1. The van der Waals surface area contributed by atoms with E-state index in [4.69, 9.17) is 4.74 Å². The summed E-state index contributed by atoms with van der Waals surface area (Å²) in [7, 11) is 0. The fourth-order valence-electron chi connectivity index (χ4n) is 3.09. The molecule has 1 atom stereocenters. The fraction of sp³-hybridized carbons (Fsp3) is 0.167. The number of carbonyl (C=O) groups is 2. The predicted molar refractivity (Wildman–Crippen MR) is 113 cm³/mol. The highest BCUT2D eigenvalue weighted by Crippen LogP contribution is 2.25. The molecule has 1 unspecified atom stereocenters. The molecule has 0 aliphatic heterocycles. The lowest BCUT2D eigenvalue weighted by Gasteiger charge is -2.16. The molecule has 0 amide bonds. The van der Waals surface area contributed by atoms with E-state index in [-0.39, 0.29) is 6.42 Å². The molecule has 5 heteroatoms. The van der Waals surface area contributed by atoms with Crippen molar-refractivity contribution in [3.05, 3.63) is 90.0 Å². The normalized spacial score (nSPS) is 11.5. The zero-order chi connectivity index (χ0) is 20.6. The third-order valence-corrected chi connectivity index (χ3v) is 4.53. The van der Waals surface area contributed by atoms with Gasteiger partial charge >= 0.3 is 5.97 Å². The maximum absolute atomic E-state index is 13.1. The summed E-state index contributed by atoms with van der Waals surface area (Å²) in [6.45, 7) is 2.45. The molecule has 0 aromatic heterocycles. The van der Waals surface area contributed by atoms with E-state index < -0.39 is 17.7 Å². The van der Waals surface area contributed by atoms with Gasteiger partial charge in [-0.3, -0.25) is 9.59 Å². The number of anilines is 2. The highest BCUT2D eigenvalue weighted by atomic mass is 16.5. The van der Waals surface area contributed by atoms with Crippen LogP contribution in [0.3, 0.4) is 0 Å². The summed E-state index contributed by atoms with van der Waals surface area (Å²) in [5.41, 5.74) is 2.53. The Labute approximate surface area is 170 Å². The van der Waals surface area contributed by atoms with Crippen molar-refractivity contribution in [3.8, 4) is 5.75 Å². The van der Waals surface area contributed by atoms with E-state index in [1.807, 2.05) is 43.3 Å². The molecule has 0 fully saturated rings. The van der Waals surface area contributed by atoms with Gasteiger partial charge in [0.1, 0.15) is 11.7 Å². The Kier molecular flexibility index (Phi) is 6.63. The van der Waals surface area contributed by atoms with Gasteiger partial charge in [-0.05, 0) is 55.3 Å². The largest absolute Gasteiger partial charge is 0.494 e. The highest BCUT2D eigenvalue weighted by Gasteiger charge is 2.29. The van der Waals surface area contributed by atoms with Crippen molar-refractivity contribution >= 4 is 23.1 Å². The molecule has 2 N–H and O–H groups in total. The highest BCUT2D eigenvalue weighted by molar-refractivity contribution is 6.11. The standard InChI is InChI=1S/C24H23NO4/c1-2-29-19-14-12-17(13-15-19)16-21(24(27)28)23(26)20-10-6-7-11-22(20)25-18-8-4-3-5-9-18/h3-15,21,25H,2,16H2,1H3,(H,27,28). The second-order valence-electron chi connectivity index (χ2n) is 6.57. The molecule has 0 radical (unpaired) electrons. The molecule has 5 nitrogen and oxygen atoms in total. The molecule has 3 aromatic rings.